The van der Waals surface area contributed by atoms with Gasteiger partial charge in [0, 0.05) is 17.0 Å². The van der Waals surface area contributed by atoms with Crippen LogP contribution in [0.15, 0.2) is 64.2 Å². The Hall–Kier alpha value is -3.91. The third-order valence-corrected chi connectivity index (χ3v) is 7.12. The number of nitrogens with zero attached hydrogens (tertiary/aromatic N) is 4. The molecule has 2 aliphatic heterocycles. The molecule has 3 aromatic rings. The maximum Gasteiger partial charge on any atom is 0.283 e. The molecular weight excluding hydrogens is 458 g/mol. The average molecular weight is 484 g/mol. The number of methoxy groups -OCH3 is 1. The average Bonchev–Trinajstić information content (AvgIpc) is 3.37. The summed E-state index contributed by atoms with van der Waals surface area (Å²) in [5.41, 5.74) is 7.08. The van der Waals surface area contributed by atoms with E-state index in [0.717, 1.165) is 50.1 Å². The van der Waals surface area contributed by atoms with Crippen LogP contribution in [0.4, 0.5) is 0 Å². The molecule has 0 radical (unpaired) electrons. The fourth-order valence-electron chi connectivity index (χ4n) is 4.35. The van der Waals surface area contributed by atoms with Crippen LogP contribution in [0.3, 0.4) is 0 Å². The molecule has 0 unspecified atom stereocenters. The molecule has 0 saturated carbocycles. The number of hydrogen-bond acceptors (Lipinski definition) is 5. The van der Waals surface area contributed by atoms with Gasteiger partial charge in [0.25, 0.3) is 5.91 Å². The minimum Gasteiger partial charge on any atom is -0.495 e. The summed E-state index contributed by atoms with van der Waals surface area (Å²) in [7, 11) is 1.66. The molecule has 8 heteroatoms. The SMILES string of the molecule is COc1ccc(C)cc1-n1c(C)cc(/C=C2\C(=N)N3N=C(c4ccccc4C)SC3=NC2=O)c1C. The molecule has 1 aromatic heterocycles. The molecule has 7 nitrogen and oxygen atoms in total. The van der Waals surface area contributed by atoms with Crippen LogP contribution < -0.4 is 4.74 Å². The van der Waals surface area contributed by atoms with E-state index in [-0.39, 0.29) is 11.4 Å². The van der Waals surface area contributed by atoms with Crippen molar-refractivity contribution >= 4 is 39.8 Å². The van der Waals surface area contributed by atoms with Gasteiger partial charge in [0.05, 0.1) is 18.4 Å². The summed E-state index contributed by atoms with van der Waals surface area (Å²) in [4.78, 5) is 17.2. The van der Waals surface area contributed by atoms with Crippen molar-refractivity contribution in [3.8, 4) is 11.4 Å². The number of aromatic nitrogens is 1. The summed E-state index contributed by atoms with van der Waals surface area (Å²) in [5, 5.41) is 16.0. The summed E-state index contributed by atoms with van der Waals surface area (Å²) >= 11 is 1.31. The lowest BCUT2D eigenvalue weighted by Gasteiger charge is -2.20. The molecule has 2 aliphatic rings. The second-order valence-electron chi connectivity index (χ2n) is 8.58. The number of hydrazone groups is 1. The zero-order valence-electron chi connectivity index (χ0n) is 20.2. The molecule has 0 saturated heterocycles. The first-order valence-electron chi connectivity index (χ1n) is 11.2. The zero-order chi connectivity index (χ0) is 24.9. The van der Waals surface area contributed by atoms with Gasteiger partial charge >= 0.3 is 0 Å². The Kier molecular flexibility index (Phi) is 5.68. The van der Waals surface area contributed by atoms with Crippen molar-refractivity contribution in [1.29, 1.82) is 5.41 Å². The predicted molar refractivity (Wildman–Crippen MR) is 142 cm³/mol. The Morgan fingerprint density at radius 2 is 1.83 bits per heavy atom. The van der Waals surface area contributed by atoms with E-state index in [1.807, 2.05) is 70.2 Å². The molecule has 0 aliphatic carbocycles. The van der Waals surface area contributed by atoms with Crippen LogP contribution in [0.2, 0.25) is 0 Å². The van der Waals surface area contributed by atoms with Crippen LogP contribution >= 0.6 is 11.8 Å². The molecule has 1 N–H and O–H groups in total. The number of amides is 1. The van der Waals surface area contributed by atoms with Gasteiger partial charge in [0.1, 0.15) is 10.8 Å². The number of aryl methyl sites for hydroxylation is 3. The number of aliphatic imine (C=N–C) groups is 1. The van der Waals surface area contributed by atoms with Crippen LogP contribution in [-0.2, 0) is 4.79 Å². The lowest BCUT2D eigenvalue weighted by Crippen LogP contribution is -2.35. The maximum absolute atomic E-state index is 13.0. The van der Waals surface area contributed by atoms with Gasteiger partial charge in [-0.1, -0.05) is 30.3 Å². The van der Waals surface area contributed by atoms with Crippen molar-refractivity contribution in [2.75, 3.05) is 7.11 Å². The zero-order valence-corrected chi connectivity index (χ0v) is 21.0. The molecule has 176 valence electrons. The molecule has 0 bridgehead atoms. The number of hydrogen-bond donors (Lipinski definition) is 1. The summed E-state index contributed by atoms with van der Waals surface area (Å²) < 4.78 is 7.70. The topological polar surface area (TPSA) is 83.0 Å². The number of amidine groups is 2. The first kappa shape index (κ1) is 22.9. The number of fused-ring (bicyclic) bond motifs is 1. The third-order valence-electron chi connectivity index (χ3n) is 6.18. The Morgan fingerprint density at radius 1 is 1.06 bits per heavy atom. The van der Waals surface area contributed by atoms with Gasteiger partial charge in [-0.2, -0.15) is 15.1 Å². The molecule has 0 fully saturated rings. The number of thioether (sulfide) groups is 1. The van der Waals surface area contributed by atoms with Crippen molar-refractivity contribution in [1.82, 2.24) is 9.58 Å². The van der Waals surface area contributed by atoms with Crippen LogP contribution in [0.1, 0.15) is 33.6 Å². The van der Waals surface area contributed by atoms with Crippen molar-refractivity contribution < 1.29 is 9.53 Å². The monoisotopic (exact) mass is 483 g/mol. The highest BCUT2D eigenvalue weighted by Crippen LogP contribution is 2.33. The van der Waals surface area contributed by atoms with E-state index >= 15 is 0 Å². The molecule has 2 aromatic carbocycles. The summed E-state index contributed by atoms with van der Waals surface area (Å²) in [6.45, 7) is 8.06. The van der Waals surface area contributed by atoms with Crippen LogP contribution in [0.5, 0.6) is 5.75 Å². The third kappa shape index (κ3) is 3.89. The summed E-state index contributed by atoms with van der Waals surface area (Å²) in [5.74, 6) is 0.349. The van der Waals surface area contributed by atoms with E-state index in [1.165, 1.54) is 16.8 Å². The minimum absolute atomic E-state index is 0.0222. The minimum atomic E-state index is -0.437. The van der Waals surface area contributed by atoms with Crippen molar-refractivity contribution in [3.63, 3.8) is 0 Å². The van der Waals surface area contributed by atoms with E-state index in [2.05, 4.69) is 20.7 Å². The Bertz CT molecular complexity index is 1500. The van der Waals surface area contributed by atoms with E-state index in [9.17, 15) is 4.79 Å². The van der Waals surface area contributed by atoms with Gasteiger partial charge in [0.2, 0.25) is 5.17 Å². The van der Waals surface area contributed by atoms with E-state index in [4.69, 9.17) is 10.1 Å². The summed E-state index contributed by atoms with van der Waals surface area (Å²) in [6.07, 6.45) is 1.73. The highest BCUT2D eigenvalue weighted by atomic mass is 32.2. The summed E-state index contributed by atoms with van der Waals surface area (Å²) in [6, 6.07) is 16.0. The van der Waals surface area contributed by atoms with Crippen molar-refractivity contribution in [2.45, 2.75) is 27.7 Å². The van der Waals surface area contributed by atoms with Crippen LogP contribution in [0, 0.1) is 33.1 Å². The Balaban J connectivity index is 1.54. The molecule has 3 heterocycles. The number of carbonyl (C=O) groups is 1. The number of rotatable bonds is 4. The predicted octanol–water partition coefficient (Wildman–Crippen LogP) is 5.39. The van der Waals surface area contributed by atoms with Crippen LogP contribution in [-0.4, -0.2) is 38.6 Å². The number of carbonyl (C=O) groups excluding carboxylic acids is 1. The van der Waals surface area contributed by atoms with Crippen molar-refractivity contribution in [3.05, 3.63) is 87.7 Å². The number of ether oxygens (including phenoxy) is 1. The normalized spacial score (nSPS) is 16.5. The molecule has 0 atom stereocenters. The molecule has 5 rings (SSSR count). The molecule has 35 heavy (non-hydrogen) atoms. The largest absolute Gasteiger partial charge is 0.495 e. The first-order chi connectivity index (χ1) is 16.8. The fraction of sp³-hybridized carbons (Fsp3) is 0.185. The smallest absolute Gasteiger partial charge is 0.283 e. The van der Waals surface area contributed by atoms with Gasteiger partial charge in [-0.25, -0.2) is 0 Å². The molecular formula is C27H25N5O2S. The van der Waals surface area contributed by atoms with Gasteiger partial charge in [0.15, 0.2) is 5.84 Å². The van der Waals surface area contributed by atoms with E-state index in [0.29, 0.717) is 5.17 Å². The highest BCUT2D eigenvalue weighted by molar-refractivity contribution is 8.27. The van der Waals surface area contributed by atoms with Gasteiger partial charge in [-0.3, -0.25) is 10.2 Å². The fourth-order valence-corrected chi connectivity index (χ4v) is 5.33. The molecule has 0 spiro atoms. The number of benzene rings is 2. The lowest BCUT2D eigenvalue weighted by atomic mass is 10.1. The lowest BCUT2D eigenvalue weighted by molar-refractivity contribution is -0.114. The van der Waals surface area contributed by atoms with Crippen molar-refractivity contribution in [2.24, 2.45) is 10.1 Å². The molecule has 1 amide bonds. The first-order valence-corrected chi connectivity index (χ1v) is 12.0. The van der Waals surface area contributed by atoms with Gasteiger partial charge < -0.3 is 9.30 Å². The van der Waals surface area contributed by atoms with Gasteiger partial charge in [-0.05, 0) is 80.4 Å². The van der Waals surface area contributed by atoms with E-state index < -0.39 is 5.91 Å². The number of nitrogens with one attached hydrogen (secondary N) is 1. The highest BCUT2D eigenvalue weighted by Gasteiger charge is 2.36. The Morgan fingerprint density at radius 3 is 2.57 bits per heavy atom. The second-order valence-corrected chi connectivity index (χ2v) is 9.53. The Labute approximate surface area is 208 Å². The van der Waals surface area contributed by atoms with Gasteiger partial charge in [-0.15, -0.1) is 0 Å². The van der Waals surface area contributed by atoms with E-state index in [1.54, 1.807) is 13.2 Å². The second kappa shape index (κ2) is 8.70. The maximum atomic E-state index is 13.0. The quantitative estimate of drug-likeness (QED) is 0.505. The standard InChI is InChI=1S/C27H25N5O2S/c1-15-10-11-23(34-5)22(12-15)31-17(3)13-19(18(31)4)14-21-24(28)32-27(29-25(21)33)35-26(30-32)20-9-7-6-8-16(20)2/h6-14,28H,1-5H3/b21-14+,28-24?. The van der Waals surface area contributed by atoms with Crippen LogP contribution in [0.25, 0.3) is 11.8 Å².